The van der Waals surface area contributed by atoms with Gasteiger partial charge >= 0.3 is 5.97 Å². The summed E-state index contributed by atoms with van der Waals surface area (Å²) in [5, 5.41) is 2.69. The average molecular weight is 374 g/mol. The van der Waals surface area contributed by atoms with Gasteiger partial charge in [0.05, 0.1) is 12.7 Å². The molecule has 0 spiro atoms. The summed E-state index contributed by atoms with van der Waals surface area (Å²) < 4.78 is 23.3. The van der Waals surface area contributed by atoms with Crippen molar-refractivity contribution in [1.29, 1.82) is 0 Å². The van der Waals surface area contributed by atoms with E-state index in [1.165, 1.54) is 19.2 Å². The predicted molar refractivity (Wildman–Crippen MR) is 101 cm³/mol. The van der Waals surface area contributed by atoms with Crippen molar-refractivity contribution in [2.45, 2.75) is 6.42 Å². The van der Waals surface area contributed by atoms with E-state index in [2.05, 4.69) is 10.2 Å². The highest BCUT2D eigenvalue weighted by Gasteiger charge is 2.13. The first kappa shape index (κ1) is 20.2. The molecule has 0 atom stereocenters. The molecule has 144 valence electrons. The van der Waals surface area contributed by atoms with Crippen molar-refractivity contribution < 1.29 is 23.5 Å². The summed E-state index contributed by atoms with van der Waals surface area (Å²) in [5.41, 5.74) is 1.12. The molecule has 0 aliphatic carbocycles. The smallest absolute Gasteiger partial charge is 0.338 e. The van der Waals surface area contributed by atoms with Gasteiger partial charge in [0.2, 0.25) is 0 Å². The second-order valence-electron chi connectivity index (χ2n) is 5.89. The van der Waals surface area contributed by atoms with Crippen LogP contribution >= 0.6 is 0 Å². The summed E-state index contributed by atoms with van der Waals surface area (Å²) in [6, 6.07) is 13.6. The zero-order valence-electron chi connectivity index (χ0n) is 15.4. The number of ether oxygens (including phenoxy) is 2. The fourth-order valence-corrected chi connectivity index (χ4v) is 2.41. The third-order valence-electron chi connectivity index (χ3n) is 3.91. The van der Waals surface area contributed by atoms with Crippen LogP contribution < -0.4 is 15.0 Å². The van der Waals surface area contributed by atoms with Crippen LogP contribution in [-0.2, 0) is 9.53 Å². The van der Waals surface area contributed by atoms with E-state index in [-0.39, 0.29) is 11.3 Å². The molecule has 2 rings (SSSR count). The number of carbonyl (C=O) groups is 2. The number of halogens is 1. The molecule has 6 nitrogen and oxygen atoms in total. The SMILES string of the molecule is COc1ccc(C(=O)OCC(=O)NCCCN(C)c2ccccc2)cc1F. The Labute approximate surface area is 157 Å². The van der Waals surface area contributed by atoms with Crippen LogP contribution in [-0.4, -0.2) is 45.7 Å². The molecular weight excluding hydrogens is 351 g/mol. The van der Waals surface area contributed by atoms with Gasteiger partial charge in [-0.1, -0.05) is 18.2 Å². The minimum absolute atomic E-state index is 0.0191. The van der Waals surface area contributed by atoms with Crippen molar-refractivity contribution in [3.8, 4) is 5.75 Å². The molecule has 2 aromatic rings. The topological polar surface area (TPSA) is 67.9 Å². The third-order valence-corrected chi connectivity index (χ3v) is 3.91. The zero-order chi connectivity index (χ0) is 19.6. The predicted octanol–water partition coefficient (Wildman–Crippen LogP) is 2.63. The molecule has 0 unspecified atom stereocenters. The van der Waals surface area contributed by atoms with Gasteiger partial charge in [0.1, 0.15) is 0 Å². The van der Waals surface area contributed by atoms with Crippen LogP contribution in [0.3, 0.4) is 0 Å². The van der Waals surface area contributed by atoms with Gasteiger partial charge in [-0.15, -0.1) is 0 Å². The van der Waals surface area contributed by atoms with E-state index in [1.54, 1.807) is 0 Å². The Hall–Kier alpha value is -3.09. The Balaban J connectivity index is 1.67. The third kappa shape index (κ3) is 6.29. The van der Waals surface area contributed by atoms with E-state index < -0.39 is 24.3 Å². The zero-order valence-corrected chi connectivity index (χ0v) is 15.4. The molecule has 0 heterocycles. The highest BCUT2D eigenvalue weighted by Crippen LogP contribution is 2.18. The Kier molecular flexibility index (Phi) is 7.61. The molecule has 0 saturated heterocycles. The lowest BCUT2D eigenvalue weighted by Gasteiger charge is -2.19. The van der Waals surface area contributed by atoms with Gasteiger partial charge in [-0.2, -0.15) is 0 Å². The molecule has 0 aliphatic rings. The number of amides is 1. The van der Waals surface area contributed by atoms with Crippen LogP contribution in [0.5, 0.6) is 5.75 Å². The number of anilines is 1. The van der Waals surface area contributed by atoms with Gasteiger partial charge in [0.25, 0.3) is 5.91 Å². The summed E-state index contributed by atoms with van der Waals surface area (Å²) in [7, 11) is 3.31. The van der Waals surface area contributed by atoms with E-state index in [0.717, 1.165) is 24.7 Å². The van der Waals surface area contributed by atoms with Gasteiger partial charge in [-0.05, 0) is 36.8 Å². The fourth-order valence-electron chi connectivity index (χ4n) is 2.41. The van der Waals surface area contributed by atoms with E-state index >= 15 is 0 Å². The molecule has 1 amide bonds. The molecule has 0 radical (unpaired) electrons. The Morgan fingerprint density at radius 1 is 1.15 bits per heavy atom. The Morgan fingerprint density at radius 3 is 2.56 bits per heavy atom. The van der Waals surface area contributed by atoms with E-state index in [4.69, 9.17) is 9.47 Å². The number of carbonyl (C=O) groups excluding carboxylic acids is 2. The van der Waals surface area contributed by atoms with Crippen LogP contribution in [0, 0.1) is 5.82 Å². The summed E-state index contributed by atoms with van der Waals surface area (Å²) in [5.74, 6) is -1.81. The quantitative estimate of drug-likeness (QED) is 0.540. The van der Waals surface area contributed by atoms with Gasteiger partial charge in [0, 0.05) is 25.8 Å². The Morgan fingerprint density at radius 2 is 1.89 bits per heavy atom. The Bertz CT molecular complexity index is 768. The van der Waals surface area contributed by atoms with Gasteiger partial charge in [0.15, 0.2) is 18.2 Å². The maximum atomic E-state index is 13.6. The molecule has 27 heavy (non-hydrogen) atoms. The first-order valence-electron chi connectivity index (χ1n) is 8.55. The van der Waals surface area contributed by atoms with Crippen molar-refractivity contribution in [3.63, 3.8) is 0 Å². The summed E-state index contributed by atoms with van der Waals surface area (Å²) >= 11 is 0. The molecule has 0 bridgehead atoms. The fraction of sp³-hybridized carbons (Fsp3) is 0.300. The van der Waals surface area contributed by atoms with Crippen molar-refractivity contribution in [2.75, 3.05) is 38.8 Å². The van der Waals surface area contributed by atoms with Crippen LogP contribution in [0.25, 0.3) is 0 Å². The van der Waals surface area contributed by atoms with Crippen molar-refractivity contribution in [1.82, 2.24) is 5.32 Å². The van der Waals surface area contributed by atoms with Gasteiger partial charge in [-0.25, -0.2) is 9.18 Å². The van der Waals surface area contributed by atoms with Gasteiger partial charge in [-0.3, -0.25) is 4.79 Å². The summed E-state index contributed by atoms with van der Waals surface area (Å²) in [6.45, 7) is 0.820. The minimum atomic E-state index is -0.768. The number of hydrogen-bond acceptors (Lipinski definition) is 5. The van der Waals surface area contributed by atoms with Crippen molar-refractivity contribution in [3.05, 3.63) is 59.9 Å². The molecular formula is C20H23FN2O4. The first-order valence-corrected chi connectivity index (χ1v) is 8.55. The van der Waals surface area contributed by atoms with Crippen LogP contribution in [0.4, 0.5) is 10.1 Å². The van der Waals surface area contributed by atoms with Crippen molar-refractivity contribution >= 4 is 17.6 Å². The van der Waals surface area contributed by atoms with Gasteiger partial charge < -0.3 is 19.7 Å². The van der Waals surface area contributed by atoms with E-state index in [0.29, 0.717) is 6.54 Å². The number of nitrogens with one attached hydrogen (secondary N) is 1. The molecule has 2 aromatic carbocycles. The van der Waals surface area contributed by atoms with Crippen LogP contribution in [0.2, 0.25) is 0 Å². The lowest BCUT2D eigenvalue weighted by molar-refractivity contribution is -0.124. The number of para-hydroxylation sites is 1. The van der Waals surface area contributed by atoms with E-state index in [9.17, 15) is 14.0 Å². The number of hydrogen-bond donors (Lipinski definition) is 1. The molecule has 0 aliphatic heterocycles. The highest BCUT2D eigenvalue weighted by atomic mass is 19.1. The number of benzene rings is 2. The lowest BCUT2D eigenvalue weighted by atomic mass is 10.2. The normalized spacial score (nSPS) is 10.2. The van der Waals surface area contributed by atoms with E-state index in [1.807, 2.05) is 37.4 Å². The van der Waals surface area contributed by atoms with Crippen LogP contribution in [0.15, 0.2) is 48.5 Å². The number of esters is 1. The maximum absolute atomic E-state index is 13.6. The summed E-state index contributed by atoms with van der Waals surface area (Å²) in [4.78, 5) is 25.7. The lowest BCUT2D eigenvalue weighted by Crippen LogP contribution is -2.31. The van der Waals surface area contributed by atoms with Crippen molar-refractivity contribution in [2.24, 2.45) is 0 Å². The molecule has 0 saturated carbocycles. The second-order valence-corrected chi connectivity index (χ2v) is 5.89. The number of nitrogens with zero attached hydrogens (tertiary/aromatic N) is 1. The highest BCUT2D eigenvalue weighted by molar-refractivity contribution is 5.91. The minimum Gasteiger partial charge on any atom is -0.494 e. The molecule has 0 aromatic heterocycles. The largest absolute Gasteiger partial charge is 0.494 e. The molecule has 7 heteroatoms. The standard InChI is InChI=1S/C20H23FN2O4/c1-23(16-7-4-3-5-8-16)12-6-11-22-19(24)14-27-20(25)15-9-10-18(26-2)17(21)13-15/h3-5,7-10,13H,6,11-12,14H2,1-2H3,(H,22,24). The molecule has 0 fully saturated rings. The number of rotatable bonds is 9. The first-order chi connectivity index (χ1) is 13.0. The molecule has 1 N–H and O–H groups in total. The van der Waals surface area contributed by atoms with Crippen LogP contribution in [0.1, 0.15) is 16.8 Å². The summed E-state index contributed by atoms with van der Waals surface area (Å²) in [6.07, 6.45) is 0.745. The average Bonchev–Trinajstić information content (AvgIpc) is 2.69. The number of methoxy groups -OCH3 is 1. The second kappa shape index (κ2) is 10.2. The monoisotopic (exact) mass is 374 g/mol. The maximum Gasteiger partial charge on any atom is 0.338 e.